The van der Waals surface area contributed by atoms with Gasteiger partial charge in [-0.3, -0.25) is 0 Å². The third-order valence-electron chi connectivity index (χ3n) is 4.43. The second kappa shape index (κ2) is 4.27. The molecule has 3 atom stereocenters. The molecule has 19 heavy (non-hydrogen) atoms. The third kappa shape index (κ3) is 1.69. The minimum absolute atomic E-state index is 0.427. The summed E-state index contributed by atoms with van der Waals surface area (Å²) in [5.41, 5.74) is 4.15. The number of rotatable bonds is 1. The van der Waals surface area contributed by atoms with Gasteiger partial charge in [0.1, 0.15) is 0 Å². The SMILES string of the molecule is C1=C[C@H]2c3ccccc3N[C@@H](c3ccccc3)[C@@H]2C1. The third-order valence-corrected chi connectivity index (χ3v) is 4.43. The monoisotopic (exact) mass is 247 g/mol. The minimum Gasteiger partial charge on any atom is -0.378 e. The van der Waals surface area contributed by atoms with Crippen LogP contribution in [0.2, 0.25) is 0 Å². The molecule has 0 aromatic heterocycles. The highest BCUT2D eigenvalue weighted by Crippen LogP contribution is 2.49. The first-order valence-corrected chi connectivity index (χ1v) is 7.00. The Bertz CT molecular complexity index is 615. The fraction of sp³-hybridized carbons (Fsp3) is 0.222. The molecule has 0 bridgehead atoms. The molecule has 4 rings (SSSR count). The minimum atomic E-state index is 0.427. The molecular formula is C18H17N. The number of nitrogens with one attached hydrogen (secondary N) is 1. The quantitative estimate of drug-likeness (QED) is 0.731. The van der Waals surface area contributed by atoms with Gasteiger partial charge in [-0.2, -0.15) is 0 Å². The van der Waals surface area contributed by atoms with E-state index in [1.54, 1.807) is 0 Å². The van der Waals surface area contributed by atoms with Crippen molar-refractivity contribution in [3.63, 3.8) is 0 Å². The summed E-state index contributed by atoms with van der Waals surface area (Å²) in [6.45, 7) is 0. The second-order valence-electron chi connectivity index (χ2n) is 5.47. The van der Waals surface area contributed by atoms with Crippen LogP contribution in [0.4, 0.5) is 5.69 Å². The fourth-order valence-corrected chi connectivity index (χ4v) is 3.53. The zero-order valence-electron chi connectivity index (χ0n) is 10.8. The predicted molar refractivity (Wildman–Crippen MR) is 79.2 cm³/mol. The summed E-state index contributed by atoms with van der Waals surface area (Å²) in [6.07, 6.45) is 5.90. The summed E-state index contributed by atoms with van der Waals surface area (Å²) >= 11 is 0. The average Bonchev–Trinajstić information content (AvgIpc) is 2.97. The van der Waals surface area contributed by atoms with Crippen LogP contribution in [-0.2, 0) is 0 Å². The van der Waals surface area contributed by atoms with Crippen molar-refractivity contribution in [2.45, 2.75) is 18.4 Å². The molecule has 1 aliphatic heterocycles. The normalized spacial score (nSPS) is 27.5. The molecule has 2 aliphatic rings. The largest absolute Gasteiger partial charge is 0.378 e. The summed E-state index contributed by atoms with van der Waals surface area (Å²) in [6, 6.07) is 20.0. The van der Waals surface area contributed by atoms with E-state index in [4.69, 9.17) is 0 Å². The molecule has 2 aromatic rings. The van der Waals surface area contributed by atoms with Crippen molar-refractivity contribution in [2.24, 2.45) is 5.92 Å². The van der Waals surface area contributed by atoms with Crippen molar-refractivity contribution >= 4 is 5.69 Å². The van der Waals surface area contributed by atoms with E-state index >= 15 is 0 Å². The molecule has 1 nitrogen and oxygen atoms in total. The lowest BCUT2D eigenvalue weighted by molar-refractivity contribution is 0.425. The van der Waals surface area contributed by atoms with Crippen LogP contribution in [0.15, 0.2) is 66.7 Å². The number of anilines is 1. The van der Waals surface area contributed by atoms with Crippen molar-refractivity contribution in [1.82, 2.24) is 0 Å². The molecule has 1 heterocycles. The van der Waals surface area contributed by atoms with Crippen LogP contribution >= 0.6 is 0 Å². The van der Waals surface area contributed by atoms with E-state index in [1.165, 1.54) is 23.2 Å². The molecule has 0 fully saturated rings. The van der Waals surface area contributed by atoms with Gasteiger partial charge in [-0.1, -0.05) is 60.7 Å². The van der Waals surface area contributed by atoms with Gasteiger partial charge >= 0.3 is 0 Å². The van der Waals surface area contributed by atoms with Gasteiger partial charge in [-0.25, -0.2) is 0 Å². The highest BCUT2D eigenvalue weighted by atomic mass is 15.0. The lowest BCUT2D eigenvalue weighted by Crippen LogP contribution is -2.28. The van der Waals surface area contributed by atoms with Crippen LogP contribution < -0.4 is 5.32 Å². The molecule has 0 saturated carbocycles. The molecule has 0 spiro atoms. The van der Waals surface area contributed by atoms with E-state index in [1.807, 2.05) is 0 Å². The molecule has 0 radical (unpaired) electrons. The highest BCUT2D eigenvalue weighted by Gasteiger charge is 2.37. The molecule has 94 valence electrons. The highest BCUT2D eigenvalue weighted by molar-refractivity contribution is 5.59. The van der Waals surface area contributed by atoms with Crippen LogP contribution in [-0.4, -0.2) is 0 Å². The number of fused-ring (bicyclic) bond motifs is 3. The first-order chi connectivity index (χ1) is 9.43. The summed E-state index contributed by atoms with van der Waals surface area (Å²) in [7, 11) is 0. The van der Waals surface area contributed by atoms with Gasteiger partial charge in [-0.05, 0) is 29.5 Å². The Labute approximate surface area is 114 Å². The van der Waals surface area contributed by atoms with Gasteiger partial charge < -0.3 is 5.32 Å². The van der Waals surface area contributed by atoms with E-state index in [0.29, 0.717) is 17.9 Å². The Hall–Kier alpha value is -2.02. The van der Waals surface area contributed by atoms with E-state index in [-0.39, 0.29) is 0 Å². The Kier molecular flexibility index (Phi) is 2.44. The average molecular weight is 247 g/mol. The maximum absolute atomic E-state index is 3.74. The molecular weight excluding hydrogens is 230 g/mol. The van der Waals surface area contributed by atoms with Gasteiger partial charge in [0.25, 0.3) is 0 Å². The van der Waals surface area contributed by atoms with Crippen LogP contribution in [0.25, 0.3) is 0 Å². The van der Waals surface area contributed by atoms with Crippen molar-refractivity contribution in [3.05, 3.63) is 77.9 Å². The predicted octanol–water partition coefficient (Wildman–Crippen LogP) is 4.51. The van der Waals surface area contributed by atoms with Crippen LogP contribution in [0.1, 0.15) is 29.5 Å². The molecule has 0 unspecified atom stereocenters. The van der Waals surface area contributed by atoms with Gasteiger partial charge in [0.2, 0.25) is 0 Å². The number of hydrogen-bond donors (Lipinski definition) is 1. The maximum atomic E-state index is 3.74. The van der Waals surface area contributed by atoms with Gasteiger partial charge in [0.15, 0.2) is 0 Å². The van der Waals surface area contributed by atoms with E-state index in [0.717, 1.165) is 0 Å². The topological polar surface area (TPSA) is 12.0 Å². The zero-order valence-corrected chi connectivity index (χ0v) is 10.8. The summed E-state index contributed by atoms with van der Waals surface area (Å²) in [5.74, 6) is 1.22. The Balaban J connectivity index is 1.80. The van der Waals surface area contributed by atoms with Crippen LogP contribution in [0.5, 0.6) is 0 Å². The first-order valence-electron chi connectivity index (χ1n) is 7.00. The molecule has 2 aromatic carbocycles. The number of allylic oxidation sites excluding steroid dienone is 2. The van der Waals surface area contributed by atoms with Gasteiger partial charge in [0, 0.05) is 11.6 Å². The van der Waals surface area contributed by atoms with Gasteiger partial charge in [-0.15, -0.1) is 0 Å². The lowest BCUT2D eigenvalue weighted by Gasteiger charge is -2.37. The van der Waals surface area contributed by atoms with Crippen molar-refractivity contribution in [3.8, 4) is 0 Å². The summed E-state index contributed by atoms with van der Waals surface area (Å²) in [4.78, 5) is 0. The van der Waals surface area contributed by atoms with E-state index in [2.05, 4.69) is 72.1 Å². The van der Waals surface area contributed by atoms with Gasteiger partial charge in [0.05, 0.1) is 6.04 Å². The maximum Gasteiger partial charge on any atom is 0.0553 e. The smallest absolute Gasteiger partial charge is 0.0553 e. The molecule has 1 heteroatoms. The Morgan fingerprint density at radius 3 is 2.58 bits per heavy atom. The molecule has 1 N–H and O–H groups in total. The van der Waals surface area contributed by atoms with Crippen LogP contribution in [0.3, 0.4) is 0 Å². The zero-order chi connectivity index (χ0) is 12.7. The summed E-state index contributed by atoms with van der Waals surface area (Å²) in [5, 5.41) is 3.74. The van der Waals surface area contributed by atoms with E-state index < -0.39 is 0 Å². The number of hydrogen-bond acceptors (Lipinski definition) is 1. The van der Waals surface area contributed by atoms with Crippen molar-refractivity contribution in [2.75, 3.05) is 5.32 Å². The number of para-hydroxylation sites is 1. The van der Waals surface area contributed by atoms with Crippen molar-refractivity contribution < 1.29 is 0 Å². The van der Waals surface area contributed by atoms with Crippen LogP contribution in [0, 0.1) is 5.92 Å². The Morgan fingerprint density at radius 1 is 0.895 bits per heavy atom. The molecule has 1 aliphatic carbocycles. The lowest BCUT2D eigenvalue weighted by atomic mass is 9.77. The molecule has 0 amide bonds. The summed E-state index contributed by atoms with van der Waals surface area (Å²) < 4.78 is 0. The fourth-order valence-electron chi connectivity index (χ4n) is 3.53. The van der Waals surface area contributed by atoms with Crippen molar-refractivity contribution in [1.29, 1.82) is 0 Å². The Morgan fingerprint density at radius 2 is 1.68 bits per heavy atom. The van der Waals surface area contributed by atoms with E-state index in [9.17, 15) is 0 Å². The standard InChI is InChI=1S/C18H17N/c1-2-7-13(8-3-1)18-16-11-6-10-14(16)15-9-4-5-12-17(15)19-18/h1-10,12,14,16,18-19H,11H2/t14-,16+,18-/m0/s1. The second-order valence-corrected chi connectivity index (χ2v) is 5.47. The molecule has 0 saturated heterocycles. The first kappa shape index (κ1) is 10.9. The number of benzene rings is 2.